The summed E-state index contributed by atoms with van der Waals surface area (Å²) in [7, 11) is 0. The molecule has 0 unspecified atom stereocenters. The standard InChI is InChI=1S/C19H20ClNO4/c1-2-23-15-6-4-14(5-7-15)19(22)21-12-13-10-16(20)18-17(11-13)24-8-3-9-25-18/h4-7,10-11H,2-3,8-9,12H2,1H3,(H,21,22). The number of benzene rings is 2. The van der Waals surface area contributed by atoms with Crippen molar-refractivity contribution >= 4 is 17.5 Å². The Morgan fingerprint density at radius 2 is 1.96 bits per heavy atom. The van der Waals surface area contributed by atoms with E-state index in [1.54, 1.807) is 30.3 Å². The van der Waals surface area contributed by atoms with Crippen molar-refractivity contribution in [1.29, 1.82) is 0 Å². The van der Waals surface area contributed by atoms with Gasteiger partial charge in [-0.05, 0) is 48.9 Å². The molecule has 2 aromatic rings. The van der Waals surface area contributed by atoms with Gasteiger partial charge in [0.15, 0.2) is 11.5 Å². The van der Waals surface area contributed by atoms with E-state index in [9.17, 15) is 4.79 Å². The van der Waals surface area contributed by atoms with E-state index in [0.29, 0.717) is 48.5 Å². The third-order valence-electron chi connectivity index (χ3n) is 3.74. The fourth-order valence-corrected chi connectivity index (χ4v) is 2.83. The highest BCUT2D eigenvalue weighted by atomic mass is 35.5. The largest absolute Gasteiger partial charge is 0.494 e. The van der Waals surface area contributed by atoms with Crippen molar-refractivity contribution in [2.45, 2.75) is 19.9 Å². The van der Waals surface area contributed by atoms with Crippen molar-refractivity contribution in [2.24, 2.45) is 0 Å². The van der Waals surface area contributed by atoms with Crippen LogP contribution in [0.15, 0.2) is 36.4 Å². The summed E-state index contributed by atoms with van der Waals surface area (Å²) in [5.74, 6) is 1.77. The molecule has 0 bridgehead atoms. The van der Waals surface area contributed by atoms with Crippen LogP contribution in [0.25, 0.3) is 0 Å². The van der Waals surface area contributed by atoms with Gasteiger partial charge < -0.3 is 19.5 Å². The molecule has 25 heavy (non-hydrogen) atoms. The van der Waals surface area contributed by atoms with Crippen LogP contribution in [0.1, 0.15) is 29.3 Å². The van der Waals surface area contributed by atoms with Gasteiger partial charge in [-0.1, -0.05) is 11.6 Å². The van der Waals surface area contributed by atoms with Crippen LogP contribution in [0.4, 0.5) is 0 Å². The van der Waals surface area contributed by atoms with Gasteiger partial charge in [-0.2, -0.15) is 0 Å². The number of amides is 1. The average molecular weight is 362 g/mol. The molecule has 5 nitrogen and oxygen atoms in total. The van der Waals surface area contributed by atoms with Crippen molar-refractivity contribution in [2.75, 3.05) is 19.8 Å². The lowest BCUT2D eigenvalue weighted by atomic mass is 10.1. The van der Waals surface area contributed by atoms with Gasteiger partial charge >= 0.3 is 0 Å². The number of rotatable bonds is 5. The molecule has 0 atom stereocenters. The van der Waals surface area contributed by atoms with E-state index in [4.69, 9.17) is 25.8 Å². The molecule has 0 aliphatic carbocycles. The third-order valence-corrected chi connectivity index (χ3v) is 4.02. The number of halogens is 1. The molecule has 0 saturated heterocycles. The van der Waals surface area contributed by atoms with Crippen molar-refractivity contribution in [1.82, 2.24) is 5.32 Å². The quantitative estimate of drug-likeness (QED) is 0.879. The molecule has 1 heterocycles. The van der Waals surface area contributed by atoms with Crippen molar-refractivity contribution in [3.05, 3.63) is 52.5 Å². The second-order valence-corrected chi connectivity index (χ2v) is 6.00. The highest BCUT2D eigenvalue weighted by Crippen LogP contribution is 2.37. The Kier molecular flexibility index (Phi) is 5.66. The summed E-state index contributed by atoms with van der Waals surface area (Å²) in [5.41, 5.74) is 1.43. The zero-order valence-corrected chi connectivity index (χ0v) is 14.8. The Bertz CT molecular complexity index is 746. The van der Waals surface area contributed by atoms with E-state index in [-0.39, 0.29) is 5.91 Å². The lowest BCUT2D eigenvalue weighted by Crippen LogP contribution is -2.22. The maximum atomic E-state index is 12.3. The fraction of sp³-hybridized carbons (Fsp3) is 0.316. The molecule has 1 amide bonds. The maximum absolute atomic E-state index is 12.3. The third kappa shape index (κ3) is 4.37. The van der Waals surface area contributed by atoms with Crippen LogP contribution in [0.3, 0.4) is 0 Å². The van der Waals surface area contributed by atoms with Gasteiger partial charge in [0.25, 0.3) is 5.91 Å². The summed E-state index contributed by atoms with van der Waals surface area (Å²) in [4.78, 5) is 12.3. The average Bonchev–Trinajstić information content (AvgIpc) is 2.86. The molecule has 1 aliphatic rings. The summed E-state index contributed by atoms with van der Waals surface area (Å²) in [6.07, 6.45) is 0.814. The normalized spacial score (nSPS) is 13.0. The molecule has 3 rings (SSSR count). The summed E-state index contributed by atoms with van der Waals surface area (Å²) >= 11 is 6.27. The number of carbonyl (C=O) groups excluding carboxylic acids is 1. The van der Waals surface area contributed by atoms with Crippen LogP contribution in [0.2, 0.25) is 5.02 Å². The van der Waals surface area contributed by atoms with E-state index in [1.165, 1.54) is 0 Å². The van der Waals surface area contributed by atoms with Crippen LogP contribution in [0, 0.1) is 0 Å². The van der Waals surface area contributed by atoms with Crippen molar-refractivity contribution in [3.8, 4) is 17.2 Å². The van der Waals surface area contributed by atoms with Gasteiger partial charge in [-0.3, -0.25) is 4.79 Å². The SMILES string of the molecule is CCOc1ccc(C(=O)NCc2cc(Cl)c3c(c2)OCCCO3)cc1. The topological polar surface area (TPSA) is 56.8 Å². The van der Waals surface area contributed by atoms with Crippen LogP contribution in [0.5, 0.6) is 17.2 Å². The predicted molar refractivity (Wildman–Crippen MR) is 95.8 cm³/mol. The highest BCUT2D eigenvalue weighted by Gasteiger charge is 2.16. The molecular weight excluding hydrogens is 342 g/mol. The second kappa shape index (κ2) is 8.12. The van der Waals surface area contributed by atoms with Crippen molar-refractivity contribution < 1.29 is 19.0 Å². The first-order valence-electron chi connectivity index (χ1n) is 8.26. The molecular formula is C19H20ClNO4. The molecule has 1 N–H and O–H groups in total. The lowest BCUT2D eigenvalue weighted by molar-refractivity contribution is 0.0951. The number of fused-ring (bicyclic) bond motifs is 1. The first-order valence-corrected chi connectivity index (χ1v) is 8.64. The van der Waals surface area contributed by atoms with Gasteiger partial charge in [-0.25, -0.2) is 0 Å². The molecule has 2 aromatic carbocycles. The molecule has 0 aromatic heterocycles. The smallest absolute Gasteiger partial charge is 0.251 e. The molecule has 0 fully saturated rings. The summed E-state index contributed by atoms with van der Waals surface area (Å²) in [5, 5.41) is 3.37. The van der Waals surface area contributed by atoms with E-state index < -0.39 is 0 Å². The summed E-state index contributed by atoms with van der Waals surface area (Å²) in [6, 6.07) is 10.7. The first kappa shape index (κ1) is 17.4. The van der Waals surface area contributed by atoms with E-state index >= 15 is 0 Å². The Labute approximate surface area is 151 Å². The van der Waals surface area contributed by atoms with Crippen LogP contribution in [-0.2, 0) is 6.54 Å². The van der Waals surface area contributed by atoms with Crippen LogP contribution in [-0.4, -0.2) is 25.7 Å². The van der Waals surface area contributed by atoms with Crippen LogP contribution >= 0.6 is 11.6 Å². The van der Waals surface area contributed by atoms with Crippen LogP contribution < -0.4 is 19.5 Å². The minimum absolute atomic E-state index is 0.161. The second-order valence-electron chi connectivity index (χ2n) is 5.60. The number of ether oxygens (including phenoxy) is 3. The number of hydrogen-bond donors (Lipinski definition) is 1. The molecule has 0 radical (unpaired) electrons. The predicted octanol–water partition coefficient (Wildman–Crippen LogP) is 3.83. The zero-order chi connectivity index (χ0) is 17.6. The van der Waals surface area contributed by atoms with Gasteiger partial charge in [0.1, 0.15) is 5.75 Å². The fourth-order valence-electron chi connectivity index (χ4n) is 2.54. The number of nitrogens with one attached hydrogen (secondary N) is 1. The van der Waals surface area contributed by atoms with Gasteiger partial charge in [0.05, 0.1) is 24.8 Å². The molecule has 132 valence electrons. The molecule has 1 aliphatic heterocycles. The Hall–Kier alpha value is -2.40. The monoisotopic (exact) mass is 361 g/mol. The Morgan fingerprint density at radius 1 is 1.20 bits per heavy atom. The molecule has 6 heteroatoms. The summed E-state index contributed by atoms with van der Waals surface area (Å²) in [6.45, 7) is 4.03. The van der Waals surface area contributed by atoms with E-state index in [0.717, 1.165) is 17.7 Å². The van der Waals surface area contributed by atoms with E-state index in [2.05, 4.69) is 5.32 Å². The number of carbonyl (C=O) groups is 1. The highest BCUT2D eigenvalue weighted by molar-refractivity contribution is 6.32. The first-order chi connectivity index (χ1) is 12.2. The number of hydrogen-bond acceptors (Lipinski definition) is 4. The Morgan fingerprint density at radius 3 is 2.72 bits per heavy atom. The maximum Gasteiger partial charge on any atom is 0.251 e. The molecule has 0 saturated carbocycles. The zero-order valence-electron chi connectivity index (χ0n) is 14.0. The van der Waals surface area contributed by atoms with Gasteiger partial charge in [0, 0.05) is 18.5 Å². The lowest BCUT2D eigenvalue weighted by Gasteiger charge is -2.12. The summed E-state index contributed by atoms with van der Waals surface area (Å²) < 4.78 is 16.6. The van der Waals surface area contributed by atoms with Gasteiger partial charge in [0.2, 0.25) is 0 Å². The minimum Gasteiger partial charge on any atom is -0.494 e. The van der Waals surface area contributed by atoms with E-state index in [1.807, 2.05) is 13.0 Å². The van der Waals surface area contributed by atoms with Gasteiger partial charge in [-0.15, -0.1) is 0 Å². The minimum atomic E-state index is -0.161. The Balaban J connectivity index is 1.65. The molecule has 0 spiro atoms. The van der Waals surface area contributed by atoms with Crippen molar-refractivity contribution in [3.63, 3.8) is 0 Å².